The summed E-state index contributed by atoms with van der Waals surface area (Å²) in [5.41, 5.74) is 1.94. The monoisotopic (exact) mass is 222 g/mol. The number of likely N-dealkylation sites (N-methyl/N-ethyl adjacent to an activating group) is 1. The predicted octanol–water partition coefficient (Wildman–Crippen LogP) is 2.44. The van der Waals surface area contributed by atoms with Gasteiger partial charge < -0.3 is 5.32 Å². The van der Waals surface area contributed by atoms with Crippen molar-refractivity contribution in [1.29, 1.82) is 0 Å². The second-order valence-corrected chi connectivity index (χ2v) is 4.05. The van der Waals surface area contributed by atoms with Gasteiger partial charge in [0.15, 0.2) is 0 Å². The van der Waals surface area contributed by atoms with Gasteiger partial charge in [0.05, 0.1) is 4.92 Å². The molecule has 88 valence electrons. The van der Waals surface area contributed by atoms with Gasteiger partial charge in [-0.05, 0) is 32.4 Å². The average Bonchev–Trinajstić information content (AvgIpc) is 2.20. The zero-order valence-corrected chi connectivity index (χ0v) is 9.99. The highest BCUT2D eigenvalue weighted by molar-refractivity contribution is 5.43. The first-order valence-corrected chi connectivity index (χ1v) is 5.52. The molecule has 0 saturated carbocycles. The van der Waals surface area contributed by atoms with Crippen LogP contribution in [-0.4, -0.2) is 17.5 Å². The molecule has 1 aromatic rings. The summed E-state index contributed by atoms with van der Waals surface area (Å²) in [5, 5.41) is 14.2. The molecule has 1 N–H and O–H groups in total. The lowest BCUT2D eigenvalue weighted by molar-refractivity contribution is -0.385. The molecule has 0 aliphatic heterocycles. The number of nitrogens with one attached hydrogen (secondary N) is 1. The minimum atomic E-state index is -0.305. The van der Waals surface area contributed by atoms with E-state index in [0.717, 1.165) is 17.7 Å². The summed E-state index contributed by atoms with van der Waals surface area (Å²) in [7, 11) is 0. The van der Waals surface area contributed by atoms with E-state index in [-0.39, 0.29) is 16.7 Å². The van der Waals surface area contributed by atoms with Crippen LogP contribution in [0.25, 0.3) is 0 Å². The van der Waals surface area contributed by atoms with Crippen LogP contribution in [0.4, 0.5) is 5.69 Å². The third-order valence-corrected chi connectivity index (χ3v) is 2.52. The Kier molecular flexibility index (Phi) is 4.43. The molecular formula is C12H18N2O2. The van der Waals surface area contributed by atoms with E-state index in [1.807, 2.05) is 32.9 Å². The molecule has 1 aromatic carbocycles. The topological polar surface area (TPSA) is 55.2 Å². The van der Waals surface area contributed by atoms with E-state index in [0.29, 0.717) is 6.42 Å². The van der Waals surface area contributed by atoms with Crippen LogP contribution in [0.1, 0.15) is 25.0 Å². The lowest BCUT2D eigenvalue weighted by atomic mass is 10.0. The standard InChI is InChI=1S/C12H18N2O2/c1-4-13-10(3)8-11-6-5-9(2)7-12(11)14(15)16/h5-7,10,13H,4,8H2,1-3H3. The van der Waals surface area contributed by atoms with Gasteiger partial charge in [-0.1, -0.05) is 19.1 Å². The van der Waals surface area contributed by atoms with Gasteiger partial charge >= 0.3 is 0 Å². The maximum Gasteiger partial charge on any atom is 0.272 e. The maximum absolute atomic E-state index is 10.9. The van der Waals surface area contributed by atoms with Gasteiger partial charge in [-0.15, -0.1) is 0 Å². The molecule has 4 heteroatoms. The minimum absolute atomic E-state index is 0.227. The van der Waals surface area contributed by atoms with Gasteiger partial charge in [0.25, 0.3) is 5.69 Å². The molecule has 1 atom stereocenters. The van der Waals surface area contributed by atoms with Gasteiger partial charge in [-0.3, -0.25) is 10.1 Å². The van der Waals surface area contributed by atoms with Crippen LogP contribution in [0.5, 0.6) is 0 Å². The molecule has 0 bridgehead atoms. The Morgan fingerprint density at radius 3 is 2.75 bits per heavy atom. The first kappa shape index (κ1) is 12.6. The van der Waals surface area contributed by atoms with Gasteiger partial charge in [0, 0.05) is 17.7 Å². The fourth-order valence-corrected chi connectivity index (χ4v) is 1.77. The molecular weight excluding hydrogens is 204 g/mol. The van der Waals surface area contributed by atoms with Crippen LogP contribution in [0, 0.1) is 17.0 Å². The van der Waals surface area contributed by atoms with Crippen LogP contribution in [0.2, 0.25) is 0 Å². The van der Waals surface area contributed by atoms with Crippen molar-refractivity contribution >= 4 is 5.69 Å². The van der Waals surface area contributed by atoms with E-state index in [4.69, 9.17) is 0 Å². The number of hydrogen-bond donors (Lipinski definition) is 1. The van der Waals surface area contributed by atoms with Crippen LogP contribution in [0.15, 0.2) is 18.2 Å². The Bertz CT molecular complexity index is 377. The summed E-state index contributed by atoms with van der Waals surface area (Å²) in [5.74, 6) is 0. The van der Waals surface area contributed by atoms with Crippen LogP contribution in [0.3, 0.4) is 0 Å². The second-order valence-electron chi connectivity index (χ2n) is 4.05. The lowest BCUT2D eigenvalue weighted by Gasteiger charge is -2.12. The lowest BCUT2D eigenvalue weighted by Crippen LogP contribution is -2.27. The van der Waals surface area contributed by atoms with E-state index in [1.165, 1.54) is 0 Å². The normalized spacial score (nSPS) is 12.4. The highest BCUT2D eigenvalue weighted by Gasteiger charge is 2.15. The third-order valence-electron chi connectivity index (χ3n) is 2.52. The summed E-state index contributed by atoms with van der Waals surface area (Å²) >= 11 is 0. The van der Waals surface area contributed by atoms with E-state index in [2.05, 4.69) is 5.32 Å². The number of benzene rings is 1. The number of nitrogens with zero attached hydrogens (tertiary/aromatic N) is 1. The Balaban J connectivity index is 2.90. The Hall–Kier alpha value is -1.42. The molecule has 0 fully saturated rings. The van der Waals surface area contributed by atoms with Crippen molar-refractivity contribution < 1.29 is 4.92 Å². The molecule has 0 aromatic heterocycles. The highest BCUT2D eigenvalue weighted by Crippen LogP contribution is 2.21. The summed E-state index contributed by atoms with van der Waals surface area (Å²) < 4.78 is 0. The van der Waals surface area contributed by atoms with Gasteiger partial charge in [-0.25, -0.2) is 0 Å². The smallest absolute Gasteiger partial charge is 0.272 e. The Morgan fingerprint density at radius 2 is 2.19 bits per heavy atom. The largest absolute Gasteiger partial charge is 0.314 e. The molecule has 16 heavy (non-hydrogen) atoms. The first-order valence-electron chi connectivity index (χ1n) is 5.52. The Labute approximate surface area is 95.8 Å². The quantitative estimate of drug-likeness (QED) is 0.615. The Morgan fingerprint density at radius 1 is 1.50 bits per heavy atom. The molecule has 0 amide bonds. The third kappa shape index (κ3) is 3.31. The van der Waals surface area contributed by atoms with E-state index >= 15 is 0 Å². The van der Waals surface area contributed by atoms with Gasteiger partial charge in [0.1, 0.15) is 0 Å². The first-order chi connectivity index (χ1) is 7.54. The van der Waals surface area contributed by atoms with Crippen molar-refractivity contribution in [2.45, 2.75) is 33.2 Å². The predicted molar refractivity (Wildman–Crippen MR) is 64.7 cm³/mol. The van der Waals surface area contributed by atoms with Crippen molar-refractivity contribution in [1.82, 2.24) is 5.32 Å². The van der Waals surface area contributed by atoms with Crippen molar-refractivity contribution in [3.63, 3.8) is 0 Å². The summed E-state index contributed by atoms with van der Waals surface area (Å²) in [6, 6.07) is 5.66. The van der Waals surface area contributed by atoms with E-state index in [1.54, 1.807) is 6.07 Å². The van der Waals surface area contributed by atoms with E-state index < -0.39 is 0 Å². The number of aryl methyl sites for hydroxylation is 1. The van der Waals surface area contributed by atoms with Gasteiger partial charge in [0.2, 0.25) is 0 Å². The molecule has 0 aliphatic carbocycles. The molecule has 0 aliphatic rings. The summed E-state index contributed by atoms with van der Waals surface area (Å²) in [6.45, 7) is 6.80. The zero-order chi connectivity index (χ0) is 12.1. The minimum Gasteiger partial charge on any atom is -0.314 e. The maximum atomic E-state index is 10.9. The van der Waals surface area contributed by atoms with E-state index in [9.17, 15) is 10.1 Å². The van der Waals surface area contributed by atoms with Crippen LogP contribution in [-0.2, 0) is 6.42 Å². The number of nitro benzene ring substituents is 1. The van der Waals surface area contributed by atoms with Crippen LogP contribution < -0.4 is 5.32 Å². The fraction of sp³-hybridized carbons (Fsp3) is 0.500. The second kappa shape index (κ2) is 5.61. The van der Waals surface area contributed by atoms with Gasteiger partial charge in [-0.2, -0.15) is 0 Å². The van der Waals surface area contributed by atoms with Crippen molar-refractivity contribution in [2.24, 2.45) is 0 Å². The van der Waals surface area contributed by atoms with Crippen molar-refractivity contribution in [3.05, 3.63) is 39.4 Å². The fourth-order valence-electron chi connectivity index (χ4n) is 1.77. The number of nitro groups is 1. The molecule has 4 nitrogen and oxygen atoms in total. The SMILES string of the molecule is CCNC(C)Cc1ccc(C)cc1[N+](=O)[O-]. The molecule has 0 heterocycles. The summed E-state index contributed by atoms with van der Waals surface area (Å²) in [4.78, 5) is 10.6. The average molecular weight is 222 g/mol. The van der Waals surface area contributed by atoms with Crippen LogP contribution >= 0.6 is 0 Å². The summed E-state index contributed by atoms with van der Waals surface area (Å²) in [6.07, 6.45) is 0.685. The molecule has 1 rings (SSSR count). The zero-order valence-electron chi connectivity index (χ0n) is 9.99. The number of rotatable bonds is 5. The molecule has 0 spiro atoms. The molecule has 0 saturated heterocycles. The molecule has 1 unspecified atom stereocenters. The molecule has 0 radical (unpaired) electrons. The van der Waals surface area contributed by atoms with Crippen molar-refractivity contribution in [3.8, 4) is 0 Å². The van der Waals surface area contributed by atoms with Crippen molar-refractivity contribution in [2.75, 3.05) is 6.54 Å². The highest BCUT2D eigenvalue weighted by atomic mass is 16.6. The number of hydrogen-bond acceptors (Lipinski definition) is 3.